The highest BCUT2D eigenvalue weighted by Gasteiger charge is 2.41. The molecule has 0 aliphatic carbocycles. The van der Waals surface area contributed by atoms with Crippen LogP contribution in [0.1, 0.15) is 48.1 Å². The smallest absolute Gasteiger partial charge is 0.170 e. The second kappa shape index (κ2) is 8.28. The van der Waals surface area contributed by atoms with Crippen LogP contribution < -0.4 is 5.32 Å². The molecule has 1 aromatic carbocycles. The molecule has 4 rings (SSSR count). The van der Waals surface area contributed by atoms with Crippen LogP contribution in [-0.2, 0) is 0 Å². The van der Waals surface area contributed by atoms with E-state index in [4.69, 9.17) is 23.8 Å². The molecule has 2 aromatic heterocycles. The van der Waals surface area contributed by atoms with Gasteiger partial charge in [0.25, 0.3) is 0 Å². The summed E-state index contributed by atoms with van der Waals surface area (Å²) in [5, 5.41) is 15.3. The quantitative estimate of drug-likeness (QED) is 0.532. The largest absolute Gasteiger partial charge is 0.506 e. The van der Waals surface area contributed by atoms with Crippen molar-refractivity contribution in [2.24, 2.45) is 0 Å². The van der Waals surface area contributed by atoms with Gasteiger partial charge >= 0.3 is 0 Å². The fourth-order valence-electron chi connectivity index (χ4n) is 4.36. The normalized spacial score (nSPS) is 18.7. The summed E-state index contributed by atoms with van der Waals surface area (Å²) in [7, 11) is 0. The Morgan fingerprint density at radius 3 is 2.70 bits per heavy atom. The van der Waals surface area contributed by atoms with Crippen molar-refractivity contribution in [2.75, 3.05) is 6.54 Å². The third kappa shape index (κ3) is 3.55. The summed E-state index contributed by atoms with van der Waals surface area (Å²) in [6.45, 7) is 7.12. The SMILES string of the molecule is CCCN1C(=S)NC(c2ccccn2)C1c1cc(C)n(-c2cc(Cl)ccc2O)c1C. The summed E-state index contributed by atoms with van der Waals surface area (Å²) in [6, 6.07) is 13.2. The molecule has 5 nitrogen and oxygen atoms in total. The Morgan fingerprint density at radius 2 is 2.00 bits per heavy atom. The Balaban J connectivity index is 1.86. The van der Waals surface area contributed by atoms with Gasteiger partial charge in [0.2, 0.25) is 0 Å². The number of aryl methyl sites for hydroxylation is 1. The van der Waals surface area contributed by atoms with Crippen molar-refractivity contribution in [2.45, 2.75) is 39.3 Å². The molecule has 2 N–H and O–H groups in total. The second-order valence-electron chi connectivity index (χ2n) is 7.61. The average Bonchev–Trinajstić information content (AvgIpc) is 3.21. The number of phenolic OH excluding ortho intramolecular Hbond substituents is 1. The highest BCUT2D eigenvalue weighted by Crippen LogP contribution is 2.42. The Bertz CT molecular complexity index is 1080. The number of benzene rings is 1. The lowest BCUT2D eigenvalue weighted by atomic mass is 9.96. The molecule has 1 aliphatic rings. The van der Waals surface area contributed by atoms with E-state index >= 15 is 0 Å². The molecule has 1 fully saturated rings. The standard InChI is InChI=1S/C23H25ClN4OS/c1-4-11-27-22(21(26-23(27)30)18-7-5-6-10-25-18)17-12-14(2)28(15(17)3)19-13-16(24)8-9-20(19)29/h5-10,12-13,21-22,29H,4,11H2,1-3H3,(H,26,30). The molecule has 0 saturated carbocycles. The summed E-state index contributed by atoms with van der Waals surface area (Å²) >= 11 is 11.9. The molecule has 3 aromatic rings. The van der Waals surface area contributed by atoms with Crippen LogP contribution in [0.25, 0.3) is 5.69 Å². The minimum Gasteiger partial charge on any atom is -0.506 e. The zero-order valence-electron chi connectivity index (χ0n) is 17.3. The number of pyridine rings is 1. The van der Waals surface area contributed by atoms with E-state index in [-0.39, 0.29) is 17.8 Å². The first-order valence-electron chi connectivity index (χ1n) is 10.1. The minimum atomic E-state index is -0.0489. The average molecular weight is 441 g/mol. The van der Waals surface area contributed by atoms with Gasteiger partial charge in [0.15, 0.2) is 5.11 Å². The maximum Gasteiger partial charge on any atom is 0.170 e. The highest BCUT2D eigenvalue weighted by atomic mass is 35.5. The van der Waals surface area contributed by atoms with E-state index in [1.54, 1.807) is 18.2 Å². The molecule has 0 radical (unpaired) electrons. The van der Waals surface area contributed by atoms with Crippen LogP contribution in [0.15, 0.2) is 48.7 Å². The van der Waals surface area contributed by atoms with E-state index in [2.05, 4.69) is 39.7 Å². The van der Waals surface area contributed by atoms with Crippen LogP contribution in [0.5, 0.6) is 5.75 Å². The van der Waals surface area contributed by atoms with Crippen LogP contribution in [0.2, 0.25) is 5.02 Å². The molecule has 2 atom stereocenters. The van der Waals surface area contributed by atoms with Gasteiger partial charge in [0.05, 0.1) is 23.5 Å². The number of hydrogen-bond acceptors (Lipinski definition) is 3. The Kier molecular flexibility index (Phi) is 5.71. The van der Waals surface area contributed by atoms with E-state index in [1.807, 2.05) is 31.3 Å². The summed E-state index contributed by atoms with van der Waals surface area (Å²) in [5.74, 6) is 0.194. The van der Waals surface area contributed by atoms with Crippen LogP contribution in [0, 0.1) is 13.8 Å². The third-order valence-corrected chi connectivity index (χ3v) is 6.22. The molecule has 0 bridgehead atoms. The van der Waals surface area contributed by atoms with Gasteiger partial charge in [0, 0.05) is 29.2 Å². The van der Waals surface area contributed by atoms with Gasteiger partial charge in [-0.2, -0.15) is 0 Å². The van der Waals surface area contributed by atoms with Crippen molar-refractivity contribution in [3.05, 3.63) is 76.3 Å². The van der Waals surface area contributed by atoms with Gasteiger partial charge in [-0.15, -0.1) is 0 Å². The Hall–Kier alpha value is -2.57. The molecule has 1 aliphatic heterocycles. The number of nitrogens with zero attached hydrogens (tertiary/aromatic N) is 3. The number of phenols is 1. The molecule has 0 spiro atoms. The van der Waals surface area contributed by atoms with Gasteiger partial charge in [-0.25, -0.2) is 0 Å². The number of hydrogen-bond donors (Lipinski definition) is 2. The molecule has 156 valence electrons. The summed E-state index contributed by atoms with van der Waals surface area (Å²) < 4.78 is 2.05. The maximum atomic E-state index is 10.5. The lowest BCUT2D eigenvalue weighted by Gasteiger charge is -2.27. The molecule has 0 amide bonds. The van der Waals surface area contributed by atoms with Gasteiger partial charge < -0.3 is 19.9 Å². The van der Waals surface area contributed by atoms with E-state index in [0.717, 1.165) is 40.7 Å². The summed E-state index contributed by atoms with van der Waals surface area (Å²) in [4.78, 5) is 6.84. The fraction of sp³-hybridized carbons (Fsp3) is 0.304. The number of halogens is 1. The molecule has 1 saturated heterocycles. The number of thiocarbonyl (C=S) groups is 1. The van der Waals surface area contributed by atoms with Crippen LogP contribution in [0.4, 0.5) is 0 Å². The number of nitrogens with one attached hydrogen (secondary N) is 1. The number of aromatic nitrogens is 2. The van der Waals surface area contributed by atoms with E-state index < -0.39 is 0 Å². The minimum absolute atomic E-state index is 0.00799. The summed E-state index contributed by atoms with van der Waals surface area (Å²) in [5.41, 5.74) is 4.86. The van der Waals surface area contributed by atoms with Crippen molar-refractivity contribution in [1.29, 1.82) is 0 Å². The summed E-state index contributed by atoms with van der Waals surface area (Å²) in [6.07, 6.45) is 2.80. The van der Waals surface area contributed by atoms with Gasteiger partial charge in [-0.05, 0) is 74.4 Å². The Labute approximate surface area is 187 Å². The van der Waals surface area contributed by atoms with Gasteiger partial charge in [-0.3, -0.25) is 4.98 Å². The Morgan fingerprint density at radius 1 is 1.20 bits per heavy atom. The van der Waals surface area contributed by atoms with E-state index in [1.165, 1.54) is 0 Å². The molecule has 2 unspecified atom stereocenters. The van der Waals surface area contributed by atoms with Gasteiger partial charge in [0.1, 0.15) is 5.75 Å². The van der Waals surface area contributed by atoms with Crippen molar-refractivity contribution >= 4 is 28.9 Å². The number of rotatable bonds is 5. The van der Waals surface area contributed by atoms with E-state index in [9.17, 15) is 5.11 Å². The molecule has 7 heteroatoms. The highest BCUT2D eigenvalue weighted by molar-refractivity contribution is 7.80. The zero-order chi connectivity index (χ0) is 21.4. The van der Waals surface area contributed by atoms with Crippen molar-refractivity contribution < 1.29 is 5.11 Å². The van der Waals surface area contributed by atoms with Crippen LogP contribution in [0.3, 0.4) is 0 Å². The van der Waals surface area contributed by atoms with Crippen molar-refractivity contribution in [3.8, 4) is 11.4 Å². The fourth-order valence-corrected chi connectivity index (χ4v) is 4.86. The monoisotopic (exact) mass is 440 g/mol. The zero-order valence-corrected chi connectivity index (χ0v) is 18.8. The predicted molar refractivity (Wildman–Crippen MR) is 124 cm³/mol. The predicted octanol–water partition coefficient (Wildman–Crippen LogP) is 5.23. The van der Waals surface area contributed by atoms with Gasteiger partial charge in [-0.1, -0.05) is 24.6 Å². The third-order valence-electron chi connectivity index (χ3n) is 5.63. The topological polar surface area (TPSA) is 53.3 Å². The molecular formula is C23H25ClN4OS. The molecular weight excluding hydrogens is 416 g/mol. The van der Waals surface area contributed by atoms with E-state index in [0.29, 0.717) is 10.7 Å². The second-order valence-corrected chi connectivity index (χ2v) is 8.44. The van der Waals surface area contributed by atoms with Crippen molar-refractivity contribution in [3.63, 3.8) is 0 Å². The maximum absolute atomic E-state index is 10.5. The number of aromatic hydroxyl groups is 1. The lowest BCUT2D eigenvalue weighted by Crippen LogP contribution is -2.30. The van der Waals surface area contributed by atoms with Crippen LogP contribution >= 0.6 is 23.8 Å². The first-order chi connectivity index (χ1) is 14.4. The first kappa shape index (κ1) is 20.7. The first-order valence-corrected chi connectivity index (χ1v) is 10.9. The van der Waals surface area contributed by atoms with Crippen molar-refractivity contribution in [1.82, 2.24) is 19.8 Å². The lowest BCUT2D eigenvalue weighted by molar-refractivity contribution is 0.316. The molecule has 3 heterocycles. The van der Waals surface area contributed by atoms with Crippen LogP contribution in [-0.4, -0.2) is 31.2 Å². The molecule has 30 heavy (non-hydrogen) atoms.